The molecule has 0 fully saturated rings. The van der Waals surface area contributed by atoms with Crippen LogP contribution in [0.25, 0.3) is 0 Å². The van der Waals surface area contributed by atoms with Crippen LogP contribution >= 0.6 is 0 Å². The monoisotopic (exact) mass is 116 g/mol. The Bertz CT molecular complexity index is 3.25. The molecule has 0 N–H and O–H groups in total. The predicted molar refractivity (Wildman–Crippen MR) is 25.9 cm³/mol. The summed E-state index contributed by atoms with van der Waals surface area (Å²) in [6.45, 7) is 4.25. The zero-order chi connectivity index (χ0) is 2.71. The Balaban J connectivity index is 0. The van der Waals surface area contributed by atoms with Crippen LogP contribution in [0.3, 0.4) is 0 Å². The third-order valence-electron chi connectivity index (χ3n) is 0. The fourth-order valence-electron chi connectivity index (χ4n) is 0. The molecule has 0 nitrogen and oxygen atoms in total. The zero-order valence-electron chi connectivity index (χ0n) is 2.71. The van der Waals surface area contributed by atoms with Gasteiger partial charge in [0.2, 0.25) is 0 Å². The molecule has 4 heavy (non-hydrogen) atoms. The van der Waals surface area contributed by atoms with Crippen LogP contribution in [0.5, 0.6) is 0 Å². The van der Waals surface area contributed by atoms with Crippen molar-refractivity contribution in [3.8, 4) is 0 Å². The molecule has 0 aromatic heterocycles. The van der Waals surface area contributed by atoms with E-state index in [9.17, 15) is 0 Å². The van der Waals surface area contributed by atoms with Gasteiger partial charge >= 0.3 is 19.8 Å². The summed E-state index contributed by atoms with van der Waals surface area (Å²) in [6, 6.07) is 0. The molecular formula is C3H11Ga. The minimum atomic E-state index is 0. The van der Waals surface area contributed by atoms with Crippen molar-refractivity contribution in [1.29, 1.82) is 0 Å². The third-order valence-corrected chi connectivity index (χ3v) is 0. The minimum absolute atomic E-state index is 0. The summed E-state index contributed by atoms with van der Waals surface area (Å²) in [4.78, 5) is 0. The number of rotatable bonds is 0. The molecule has 0 aliphatic rings. The van der Waals surface area contributed by atoms with Crippen molar-refractivity contribution in [1.82, 2.24) is 0 Å². The fraction of sp³-hybridized carbons (Fsp3) is 1.00. The Kier molecular flexibility index (Phi) is 20.8. The summed E-state index contributed by atoms with van der Waals surface area (Å²) in [5.74, 6) is 0. The summed E-state index contributed by atoms with van der Waals surface area (Å²) in [6.07, 6.45) is 1.25. The van der Waals surface area contributed by atoms with Gasteiger partial charge in [0.25, 0.3) is 0 Å². The van der Waals surface area contributed by atoms with Crippen LogP contribution in [0.2, 0.25) is 0 Å². The van der Waals surface area contributed by atoms with Gasteiger partial charge in [-0.25, -0.2) is 0 Å². The Morgan fingerprint density at radius 3 is 1.25 bits per heavy atom. The van der Waals surface area contributed by atoms with Crippen LogP contribution in [0.15, 0.2) is 0 Å². The Hall–Kier alpha value is 0.636. The summed E-state index contributed by atoms with van der Waals surface area (Å²) < 4.78 is 0. The molecule has 0 amide bonds. The molecule has 0 aliphatic heterocycles. The molecule has 0 rings (SSSR count). The van der Waals surface area contributed by atoms with Gasteiger partial charge in [-0.1, -0.05) is 20.3 Å². The predicted octanol–water partition coefficient (Wildman–Crippen LogP) is 0.232. The van der Waals surface area contributed by atoms with Gasteiger partial charge in [0.05, 0.1) is 0 Å². The molecule has 0 aliphatic carbocycles. The fourth-order valence-corrected chi connectivity index (χ4v) is 0. The molecule has 0 spiro atoms. The summed E-state index contributed by atoms with van der Waals surface area (Å²) in [7, 11) is 0. The van der Waals surface area contributed by atoms with E-state index in [4.69, 9.17) is 0 Å². The van der Waals surface area contributed by atoms with Crippen LogP contribution in [-0.2, 0) is 0 Å². The van der Waals surface area contributed by atoms with Crippen molar-refractivity contribution >= 4 is 19.8 Å². The van der Waals surface area contributed by atoms with Crippen molar-refractivity contribution in [2.75, 3.05) is 0 Å². The number of hydrogen-bond acceptors (Lipinski definition) is 0. The van der Waals surface area contributed by atoms with E-state index < -0.39 is 0 Å². The van der Waals surface area contributed by atoms with Crippen LogP contribution in [-0.4, -0.2) is 19.8 Å². The molecule has 0 unspecified atom stereocenters. The summed E-state index contributed by atoms with van der Waals surface area (Å²) in [5.41, 5.74) is 0. The van der Waals surface area contributed by atoms with E-state index in [2.05, 4.69) is 13.8 Å². The Morgan fingerprint density at radius 1 is 1.25 bits per heavy atom. The first-order valence-corrected chi connectivity index (χ1v) is 1.41. The van der Waals surface area contributed by atoms with Gasteiger partial charge in [0, 0.05) is 0 Å². The molecule has 0 atom stereocenters. The quantitative estimate of drug-likeness (QED) is 0.398. The van der Waals surface area contributed by atoms with E-state index in [1.807, 2.05) is 0 Å². The van der Waals surface area contributed by atoms with E-state index in [-0.39, 0.29) is 19.8 Å². The van der Waals surface area contributed by atoms with Gasteiger partial charge in [-0.05, 0) is 0 Å². The molecule has 26 valence electrons. The second-order valence-corrected chi connectivity index (χ2v) is 0.707. The summed E-state index contributed by atoms with van der Waals surface area (Å²) in [5, 5.41) is 0. The molecule has 0 bridgehead atoms. The third kappa shape index (κ3) is 17.4. The second kappa shape index (κ2) is 9.44. The van der Waals surface area contributed by atoms with Crippen LogP contribution in [0.1, 0.15) is 20.3 Å². The average Bonchev–Trinajstić information content (AvgIpc) is 0.918. The second-order valence-electron chi connectivity index (χ2n) is 0.707. The Morgan fingerprint density at radius 2 is 1.25 bits per heavy atom. The molecule has 1 heteroatoms. The van der Waals surface area contributed by atoms with E-state index in [1.165, 1.54) is 6.42 Å². The van der Waals surface area contributed by atoms with Gasteiger partial charge < -0.3 is 0 Å². The first kappa shape index (κ1) is 8.82. The molecule has 0 saturated heterocycles. The van der Waals surface area contributed by atoms with Crippen LogP contribution < -0.4 is 0 Å². The van der Waals surface area contributed by atoms with Crippen LogP contribution in [0.4, 0.5) is 0 Å². The molecular weight excluding hydrogens is 106 g/mol. The maximum atomic E-state index is 2.12. The normalized spacial score (nSPS) is 4.50. The standard InChI is InChI=1S/C3H8.Ga.3H/c1-3-2;;;;/h3H2,1-2H3;;;;. The van der Waals surface area contributed by atoms with Crippen molar-refractivity contribution in [2.45, 2.75) is 20.3 Å². The average molecular weight is 117 g/mol. The Labute approximate surface area is 40.6 Å². The first-order valence-electron chi connectivity index (χ1n) is 1.41. The van der Waals surface area contributed by atoms with Gasteiger partial charge in [-0.2, -0.15) is 0 Å². The number of hydrogen-bond donors (Lipinski definition) is 0. The van der Waals surface area contributed by atoms with Gasteiger partial charge in [-0.3, -0.25) is 0 Å². The van der Waals surface area contributed by atoms with Crippen molar-refractivity contribution in [3.05, 3.63) is 0 Å². The van der Waals surface area contributed by atoms with Gasteiger partial charge in [0.15, 0.2) is 0 Å². The zero-order valence-corrected chi connectivity index (χ0v) is 2.71. The van der Waals surface area contributed by atoms with Crippen molar-refractivity contribution in [3.63, 3.8) is 0 Å². The maximum absolute atomic E-state index is 2.12. The van der Waals surface area contributed by atoms with E-state index >= 15 is 0 Å². The van der Waals surface area contributed by atoms with Crippen molar-refractivity contribution < 1.29 is 0 Å². The van der Waals surface area contributed by atoms with Crippen molar-refractivity contribution in [2.24, 2.45) is 0 Å². The molecule has 0 saturated carbocycles. The van der Waals surface area contributed by atoms with E-state index in [1.54, 1.807) is 0 Å². The summed E-state index contributed by atoms with van der Waals surface area (Å²) >= 11 is 0. The molecule has 0 heterocycles. The molecule has 0 aromatic carbocycles. The van der Waals surface area contributed by atoms with Gasteiger partial charge in [0.1, 0.15) is 0 Å². The van der Waals surface area contributed by atoms with Gasteiger partial charge in [-0.15, -0.1) is 0 Å². The molecule has 0 aromatic rings. The van der Waals surface area contributed by atoms with E-state index in [0.717, 1.165) is 0 Å². The SMILES string of the molecule is CCC.[GaH3]. The topological polar surface area (TPSA) is 0 Å². The first-order chi connectivity index (χ1) is 1.41. The van der Waals surface area contributed by atoms with E-state index in [0.29, 0.717) is 0 Å². The van der Waals surface area contributed by atoms with Crippen LogP contribution in [0, 0.1) is 0 Å². The molecule has 0 radical (unpaired) electrons.